The first-order valence-electron chi connectivity index (χ1n) is 9.29. The van der Waals surface area contributed by atoms with E-state index in [4.69, 9.17) is 0 Å². The van der Waals surface area contributed by atoms with E-state index in [1.807, 2.05) is 35.8 Å². The number of unbranched alkanes of at least 4 members (excludes halogenated alkanes) is 2. The van der Waals surface area contributed by atoms with Gasteiger partial charge in [0.25, 0.3) is 0 Å². The number of hydrogen-bond donors (Lipinski definition) is 2. The number of pyridine rings is 1. The third kappa shape index (κ3) is 7.09. The molecular weight excluding hydrogens is 439 g/mol. The quantitative estimate of drug-likeness (QED) is 0.253. The van der Waals surface area contributed by atoms with Crippen molar-refractivity contribution >= 4 is 35.6 Å². The van der Waals surface area contributed by atoms with Gasteiger partial charge < -0.3 is 10.6 Å². The van der Waals surface area contributed by atoms with Gasteiger partial charge in [-0.1, -0.05) is 46.1 Å². The molecule has 26 heavy (non-hydrogen) atoms. The van der Waals surface area contributed by atoms with Gasteiger partial charge in [0.15, 0.2) is 11.6 Å². The predicted octanol–water partition coefficient (Wildman–Crippen LogP) is 3.66. The van der Waals surface area contributed by atoms with Gasteiger partial charge in [0.2, 0.25) is 0 Å². The first-order chi connectivity index (χ1) is 12.1. The van der Waals surface area contributed by atoms with Crippen LogP contribution in [0.25, 0.3) is 5.65 Å². The largest absolute Gasteiger partial charge is 0.356 e. The molecule has 2 aromatic heterocycles. The van der Waals surface area contributed by atoms with Crippen LogP contribution in [0.15, 0.2) is 29.4 Å². The lowest BCUT2D eigenvalue weighted by molar-refractivity contribution is 0.318. The number of aliphatic imine (C=N–C) groups is 1. The van der Waals surface area contributed by atoms with E-state index in [2.05, 4.69) is 46.6 Å². The molecule has 0 unspecified atom stereocenters. The second kappa shape index (κ2) is 11.4. The Hall–Kier alpha value is -1.38. The summed E-state index contributed by atoms with van der Waals surface area (Å²) in [5.74, 6) is 1.80. The second-order valence-electron chi connectivity index (χ2n) is 7.27. The molecule has 0 aliphatic heterocycles. The molecule has 7 heteroatoms. The molecule has 0 radical (unpaired) electrons. The summed E-state index contributed by atoms with van der Waals surface area (Å²) in [6.07, 6.45) is 7.89. The van der Waals surface area contributed by atoms with Crippen LogP contribution in [0.3, 0.4) is 0 Å². The molecule has 0 aromatic carbocycles. The Morgan fingerprint density at radius 2 is 2.00 bits per heavy atom. The molecule has 2 N–H and O–H groups in total. The maximum atomic E-state index is 4.32. The Morgan fingerprint density at radius 1 is 1.19 bits per heavy atom. The Bertz CT molecular complexity index is 679. The van der Waals surface area contributed by atoms with E-state index in [1.165, 1.54) is 25.7 Å². The van der Waals surface area contributed by atoms with Crippen molar-refractivity contribution in [1.29, 1.82) is 0 Å². The van der Waals surface area contributed by atoms with Crippen LogP contribution in [0.4, 0.5) is 0 Å². The molecule has 2 rings (SSSR count). The van der Waals surface area contributed by atoms with E-state index >= 15 is 0 Å². The van der Waals surface area contributed by atoms with E-state index in [0.717, 1.165) is 36.9 Å². The lowest BCUT2D eigenvalue weighted by Crippen LogP contribution is -2.42. The summed E-state index contributed by atoms with van der Waals surface area (Å²) >= 11 is 0. The number of nitrogens with zero attached hydrogens (tertiary/aromatic N) is 4. The monoisotopic (exact) mass is 472 g/mol. The maximum Gasteiger partial charge on any atom is 0.191 e. The van der Waals surface area contributed by atoms with Gasteiger partial charge in [-0.05, 0) is 24.0 Å². The summed E-state index contributed by atoms with van der Waals surface area (Å²) in [7, 11) is 1.81. The summed E-state index contributed by atoms with van der Waals surface area (Å²) < 4.78 is 2.02. The van der Waals surface area contributed by atoms with E-state index in [1.54, 1.807) is 0 Å². The fraction of sp³-hybridized carbons (Fsp3) is 0.632. The maximum absolute atomic E-state index is 4.32. The number of halogens is 1. The highest BCUT2D eigenvalue weighted by atomic mass is 127. The molecule has 0 fully saturated rings. The molecule has 2 heterocycles. The molecule has 0 amide bonds. The van der Waals surface area contributed by atoms with Gasteiger partial charge >= 0.3 is 0 Å². The minimum atomic E-state index is 0. The molecule has 2 aromatic rings. The zero-order valence-electron chi connectivity index (χ0n) is 16.5. The standard InChI is InChI=1S/C19H32N6.HI/c1-5-6-8-12-19(2,3)15-22-18(20-4)21-13-11-17-24-23-16-10-7-9-14-25(16)17;/h7,9-10,14H,5-6,8,11-13,15H2,1-4H3,(H2,20,21,22);1H. The highest BCUT2D eigenvalue weighted by Crippen LogP contribution is 2.22. The van der Waals surface area contributed by atoms with Crippen molar-refractivity contribution in [3.63, 3.8) is 0 Å². The normalized spacial score (nSPS) is 12.1. The van der Waals surface area contributed by atoms with Gasteiger partial charge in [0.05, 0.1) is 0 Å². The van der Waals surface area contributed by atoms with Crippen LogP contribution in [0.5, 0.6) is 0 Å². The Balaban J connectivity index is 0.00000338. The Labute approximate surface area is 174 Å². The van der Waals surface area contributed by atoms with E-state index in [0.29, 0.717) is 0 Å². The predicted molar refractivity (Wildman–Crippen MR) is 119 cm³/mol. The van der Waals surface area contributed by atoms with Gasteiger partial charge in [-0.25, -0.2) is 0 Å². The zero-order chi connectivity index (χ0) is 18.1. The molecule has 0 bridgehead atoms. The van der Waals surface area contributed by atoms with Crippen molar-refractivity contribution in [2.24, 2.45) is 10.4 Å². The van der Waals surface area contributed by atoms with Crippen LogP contribution in [0.1, 0.15) is 52.3 Å². The number of fused-ring (bicyclic) bond motifs is 1. The first kappa shape index (κ1) is 22.7. The first-order valence-corrected chi connectivity index (χ1v) is 9.29. The molecule has 6 nitrogen and oxygen atoms in total. The topological polar surface area (TPSA) is 66.6 Å². The second-order valence-corrected chi connectivity index (χ2v) is 7.27. The molecule has 0 saturated carbocycles. The lowest BCUT2D eigenvalue weighted by Gasteiger charge is -2.26. The van der Waals surface area contributed by atoms with Crippen LogP contribution in [0.2, 0.25) is 0 Å². The molecule has 0 saturated heterocycles. The average Bonchev–Trinajstić information content (AvgIpc) is 3.01. The summed E-state index contributed by atoms with van der Waals surface area (Å²) in [4.78, 5) is 4.32. The van der Waals surface area contributed by atoms with Crippen molar-refractivity contribution in [1.82, 2.24) is 25.2 Å². The van der Waals surface area contributed by atoms with Crippen molar-refractivity contribution in [2.75, 3.05) is 20.1 Å². The third-order valence-electron chi connectivity index (χ3n) is 4.44. The summed E-state index contributed by atoms with van der Waals surface area (Å²) in [6, 6.07) is 5.93. The minimum Gasteiger partial charge on any atom is -0.356 e. The number of guanidine groups is 1. The zero-order valence-corrected chi connectivity index (χ0v) is 18.8. The molecule has 0 aliphatic rings. The minimum absolute atomic E-state index is 0. The number of hydrogen-bond acceptors (Lipinski definition) is 3. The number of nitrogens with one attached hydrogen (secondary N) is 2. The fourth-order valence-electron chi connectivity index (χ4n) is 2.84. The van der Waals surface area contributed by atoms with Gasteiger partial charge in [-0.15, -0.1) is 34.2 Å². The molecule has 0 atom stereocenters. The van der Waals surface area contributed by atoms with Crippen molar-refractivity contribution in [3.05, 3.63) is 30.2 Å². The van der Waals surface area contributed by atoms with Gasteiger partial charge in [0, 0.05) is 32.8 Å². The average molecular weight is 472 g/mol. The van der Waals surface area contributed by atoms with Crippen LogP contribution in [-0.2, 0) is 6.42 Å². The van der Waals surface area contributed by atoms with Crippen molar-refractivity contribution in [3.8, 4) is 0 Å². The molecular formula is C19H33IN6. The highest BCUT2D eigenvalue weighted by molar-refractivity contribution is 14.0. The summed E-state index contributed by atoms with van der Waals surface area (Å²) in [6.45, 7) is 8.56. The number of rotatable bonds is 9. The van der Waals surface area contributed by atoms with Gasteiger partial charge in [0.1, 0.15) is 5.82 Å². The smallest absolute Gasteiger partial charge is 0.191 e. The SMILES string of the molecule is CCCCCC(C)(C)CNC(=NC)NCCc1nnc2ccccn12.I. The van der Waals surface area contributed by atoms with Crippen molar-refractivity contribution in [2.45, 2.75) is 52.9 Å². The van der Waals surface area contributed by atoms with Crippen LogP contribution in [0, 0.1) is 5.41 Å². The van der Waals surface area contributed by atoms with E-state index in [-0.39, 0.29) is 29.4 Å². The fourth-order valence-corrected chi connectivity index (χ4v) is 2.84. The van der Waals surface area contributed by atoms with Crippen LogP contribution in [-0.4, -0.2) is 40.7 Å². The molecule has 0 aliphatic carbocycles. The third-order valence-corrected chi connectivity index (χ3v) is 4.44. The van der Waals surface area contributed by atoms with E-state index < -0.39 is 0 Å². The van der Waals surface area contributed by atoms with Crippen LogP contribution < -0.4 is 10.6 Å². The van der Waals surface area contributed by atoms with Crippen LogP contribution >= 0.6 is 24.0 Å². The summed E-state index contributed by atoms with van der Waals surface area (Å²) in [5.41, 5.74) is 1.16. The Kier molecular flexibility index (Phi) is 9.90. The Morgan fingerprint density at radius 3 is 2.73 bits per heavy atom. The molecule has 0 spiro atoms. The number of aromatic nitrogens is 3. The van der Waals surface area contributed by atoms with Gasteiger partial charge in [-0.2, -0.15) is 0 Å². The van der Waals surface area contributed by atoms with Gasteiger partial charge in [-0.3, -0.25) is 9.39 Å². The lowest BCUT2D eigenvalue weighted by atomic mass is 9.87. The molecule has 146 valence electrons. The highest BCUT2D eigenvalue weighted by Gasteiger charge is 2.17. The summed E-state index contributed by atoms with van der Waals surface area (Å²) in [5, 5.41) is 15.3. The van der Waals surface area contributed by atoms with Crippen molar-refractivity contribution < 1.29 is 0 Å². The van der Waals surface area contributed by atoms with E-state index in [9.17, 15) is 0 Å².